The maximum Gasteiger partial charge on any atom is 0.142 e. The number of hydrazine groups is 1. The van der Waals surface area contributed by atoms with Crippen LogP contribution in [0.5, 0.6) is 0 Å². The van der Waals surface area contributed by atoms with Crippen molar-refractivity contribution in [3.8, 4) is 0 Å². The Hall–Kier alpha value is -1.30. The molecular weight excluding hydrogens is 302 g/mol. The van der Waals surface area contributed by atoms with E-state index < -0.39 is 17.7 Å². The molecule has 0 heterocycles. The topological polar surface area (TPSA) is 38.0 Å². The van der Waals surface area contributed by atoms with E-state index in [4.69, 9.17) is 5.84 Å². The second-order valence-electron chi connectivity index (χ2n) is 3.76. The SMILES string of the molecule is NNC(c1ccccc1F)c1cccc(Br)c1F. The summed E-state index contributed by atoms with van der Waals surface area (Å²) in [6, 6.07) is 10.2. The van der Waals surface area contributed by atoms with Gasteiger partial charge in [-0.25, -0.2) is 14.2 Å². The van der Waals surface area contributed by atoms with Crippen molar-refractivity contribution in [3.63, 3.8) is 0 Å². The van der Waals surface area contributed by atoms with Gasteiger partial charge >= 0.3 is 0 Å². The van der Waals surface area contributed by atoms with Crippen LogP contribution in [0.15, 0.2) is 46.9 Å². The average molecular weight is 313 g/mol. The molecule has 3 N–H and O–H groups in total. The molecule has 0 spiro atoms. The third-order valence-electron chi connectivity index (χ3n) is 2.68. The highest BCUT2D eigenvalue weighted by Gasteiger charge is 2.20. The zero-order valence-electron chi connectivity index (χ0n) is 9.33. The first-order chi connectivity index (χ1) is 8.65. The molecule has 0 aliphatic heterocycles. The minimum absolute atomic E-state index is 0.289. The van der Waals surface area contributed by atoms with Crippen molar-refractivity contribution in [3.05, 3.63) is 69.7 Å². The van der Waals surface area contributed by atoms with E-state index in [2.05, 4.69) is 21.4 Å². The molecule has 0 bridgehead atoms. The van der Waals surface area contributed by atoms with Crippen LogP contribution in [0.25, 0.3) is 0 Å². The third kappa shape index (κ3) is 2.43. The molecule has 0 saturated carbocycles. The molecule has 18 heavy (non-hydrogen) atoms. The van der Waals surface area contributed by atoms with Gasteiger partial charge in [-0.1, -0.05) is 30.3 Å². The van der Waals surface area contributed by atoms with Gasteiger partial charge in [0.15, 0.2) is 0 Å². The molecule has 2 aromatic rings. The molecule has 2 rings (SSSR count). The number of halogens is 3. The number of nitrogens with two attached hydrogens (primary N) is 1. The monoisotopic (exact) mass is 312 g/mol. The summed E-state index contributed by atoms with van der Waals surface area (Å²) in [5.41, 5.74) is 3.03. The lowest BCUT2D eigenvalue weighted by molar-refractivity contribution is 0.529. The minimum Gasteiger partial charge on any atom is -0.271 e. The summed E-state index contributed by atoms with van der Waals surface area (Å²) in [6.07, 6.45) is 0. The predicted molar refractivity (Wildman–Crippen MR) is 69.7 cm³/mol. The summed E-state index contributed by atoms with van der Waals surface area (Å²) in [6.45, 7) is 0. The molecule has 2 nitrogen and oxygen atoms in total. The zero-order valence-corrected chi connectivity index (χ0v) is 10.9. The van der Waals surface area contributed by atoms with Gasteiger partial charge in [-0.3, -0.25) is 5.84 Å². The van der Waals surface area contributed by atoms with Crippen LogP contribution in [0.1, 0.15) is 17.2 Å². The standard InChI is InChI=1S/C13H11BrF2N2/c14-10-6-3-5-9(12(10)16)13(18-17)8-4-1-2-7-11(8)15/h1-7,13,18H,17H2. The van der Waals surface area contributed by atoms with Gasteiger partial charge in [-0.05, 0) is 28.1 Å². The molecule has 0 aliphatic carbocycles. The number of nitrogens with one attached hydrogen (secondary N) is 1. The highest BCUT2D eigenvalue weighted by atomic mass is 79.9. The summed E-state index contributed by atoms with van der Waals surface area (Å²) in [4.78, 5) is 0. The first-order valence-corrected chi connectivity index (χ1v) is 6.09. The van der Waals surface area contributed by atoms with Gasteiger partial charge in [-0.2, -0.15) is 0 Å². The number of rotatable bonds is 3. The van der Waals surface area contributed by atoms with Crippen molar-refractivity contribution in [2.24, 2.45) is 5.84 Å². The molecule has 1 atom stereocenters. The summed E-state index contributed by atoms with van der Waals surface area (Å²) in [7, 11) is 0. The molecular formula is C13H11BrF2N2. The number of hydrogen-bond acceptors (Lipinski definition) is 2. The van der Waals surface area contributed by atoms with Crippen LogP contribution in [0.2, 0.25) is 0 Å². The second kappa shape index (κ2) is 5.56. The van der Waals surface area contributed by atoms with E-state index in [0.29, 0.717) is 10.0 Å². The van der Waals surface area contributed by atoms with E-state index in [0.717, 1.165) is 0 Å². The normalized spacial score (nSPS) is 12.4. The van der Waals surface area contributed by atoms with Crippen molar-refractivity contribution in [1.29, 1.82) is 0 Å². The van der Waals surface area contributed by atoms with Gasteiger partial charge in [0, 0.05) is 11.1 Å². The van der Waals surface area contributed by atoms with Crippen molar-refractivity contribution in [2.75, 3.05) is 0 Å². The largest absolute Gasteiger partial charge is 0.271 e. The van der Waals surface area contributed by atoms with Crippen LogP contribution in [0.4, 0.5) is 8.78 Å². The fraction of sp³-hybridized carbons (Fsp3) is 0.0769. The van der Waals surface area contributed by atoms with Crippen LogP contribution in [-0.2, 0) is 0 Å². The van der Waals surface area contributed by atoms with E-state index >= 15 is 0 Å². The lowest BCUT2D eigenvalue weighted by Gasteiger charge is -2.18. The summed E-state index contributed by atoms with van der Waals surface area (Å²) >= 11 is 3.10. The lowest BCUT2D eigenvalue weighted by Crippen LogP contribution is -2.30. The highest BCUT2D eigenvalue weighted by Crippen LogP contribution is 2.29. The molecule has 2 aromatic carbocycles. The van der Waals surface area contributed by atoms with Crippen LogP contribution in [-0.4, -0.2) is 0 Å². The summed E-state index contributed by atoms with van der Waals surface area (Å²) < 4.78 is 28.0. The molecule has 5 heteroatoms. The highest BCUT2D eigenvalue weighted by molar-refractivity contribution is 9.10. The Kier molecular flexibility index (Phi) is 4.06. The Morgan fingerprint density at radius 2 is 1.67 bits per heavy atom. The van der Waals surface area contributed by atoms with Crippen LogP contribution in [0, 0.1) is 11.6 Å². The van der Waals surface area contributed by atoms with Gasteiger partial charge in [-0.15, -0.1) is 0 Å². The van der Waals surface area contributed by atoms with Crippen LogP contribution in [0.3, 0.4) is 0 Å². The van der Waals surface area contributed by atoms with Crippen molar-refractivity contribution >= 4 is 15.9 Å². The van der Waals surface area contributed by atoms with Crippen molar-refractivity contribution in [1.82, 2.24) is 5.43 Å². The van der Waals surface area contributed by atoms with E-state index in [1.54, 1.807) is 36.4 Å². The van der Waals surface area contributed by atoms with Crippen LogP contribution >= 0.6 is 15.9 Å². The molecule has 0 radical (unpaired) electrons. The lowest BCUT2D eigenvalue weighted by atomic mass is 9.98. The maximum atomic E-state index is 14.0. The van der Waals surface area contributed by atoms with E-state index in [1.807, 2.05) is 0 Å². The van der Waals surface area contributed by atoms with Crippen molar-refractivity contribution in [2.45, 2.75) is 6.04 Å². The quantitative estimate of drug-likeness (QED) is 0.674. The smallest absolute Gasteiger partial charge is 0.142 e. The van der Waals surface area contributed by atoms with Gasteiger partial charge in [0.2, 0.25) is 0 Å². The fourth-order valence-electron chi connectivity index (χ4n) is 1.80. The van der Waals surface area contributed by atoms with Gasteiger partial charge in [0.1, 0.15) is 11.6 Å². The van der Waals surface area contributed by atoms with E-state index in [9.17, 15) is 8.78 Å². The van der Waals surface area contributed by atoms with Crippen LogP contribution < -0.4 is 11.3 Å². The first-order valence-electron chi connectivity index (χ1n) is 5.29. The Morgan fingerprint density at radius 1 is 1.00 bits per heavy atom. The molecule has 1 unspecified atom stereocenters. The Morgan fingerprint density at radius 3 is 2.33 bits per heavy atom. The van der Waals surface area contributed by atoms with Gasteiger partial charge in [0.25, 0.3) is 0 Å². The van der Waals surface area contributed by atoms with Gasteiger partial charge < -0.3 is 0 Å². The molecule has 0 aliphatic rings. The number of benzene rings is 2. The first kappa shape index (κ1) is 13.1. The minimum atomic E-state index is -0.733. The molecule has 0 saturated heterocycles. The molecule has 94 valence electrons. The average Bonchev–Trinajstić information content (AvgIpc) is 2.37. The summed E-state index contributed by atoms with van der Waals surface area (Å²) in [5, 5.41) is 0. The Bertz CT molecular complexity index is 560. The molecule has 0 amide bonds. The molecule has 0 fully saturated rings. The van der Waals surface area contributed by atoms with E-state index in [1.165, 1.54) is 6.07 Å². The fourth-order valence-corrected chi connectivity index (χ4v) is 2.18. The zero-order chi connectivity index (χ0) is 13.1. The van der Waals surface area contributed by atoms with Gasteiger partial charge in [0.05, 0.1) is 10.5 Å². The third-order valence-corrected chi connectivity index (χ3v) is 3.29. The number of hydrogen-bond donors (Lipinski definition) is 2. The van der Waals surface area contributed by atoms with E-state index in [-0.39, 0.29) is 5.56 Å². The summed E-state index contributed by atoms with van der Waals surface area (Å²) in [5.74, 6) is 4.54. The van der Waals surface area contributed by atoms with Crippen molar-refractivity contribution < 1.29 is 8.78 Å². The molecule has 0 aromatic heterocycles. The maximum absolute atomic E-state index is 14.0. The Labute approximate surface area is 112 Å². The predicted octanol–water partition coefficient (Wildman–Crippen LogP) is 3.28. The Balaban J connectivity index is 2.53. The second-order valence-corrected chi connectivity index (χ2v) is 4.62.